The van der Waals surface area contributed by atoms with Crippen molar-refractivity contribution in [2.75, 3.05) is 31.5 Å². The number of hydrogen-bond acceptors (Lipinski definition) is 4. The maximum absolute atomic E-state index is 12.5. The minimum atomic E-state index is 0. The Balaban J connectivity index is 0.00000225. The predicted molar refractivity (Wildman–Crippen MR) is 102 cm³/mol. The molecular weight excluding hydrogens is 338 g/mol. The second kappa shape index (κ2) is 8.47. The molecule has 3 rings (SSSR count). The first-order valence-electron chi connectivity index (χ1n) is 8.33. The van der Waals surface area contributed by atoms with E-state index in [1.54, 1.807) is 6.20 Å². The highest BCUT2D eigenvalue weighted by Gasteiger charge is 2.28. The number of aromatic nitrogens is 2. The fourth-order valence-electron chi connectivity index (χ4n) is 3.22. The van der Waals surface area contributed by atoms with E-state index in [-0.39, 0.29) is 24.4 Å². The van der Waals surface area contributed by atoms with Gasteiger partial charge in [0.2, 0.25) is 5.91 Å². The molecule has 0 spiro atoms. The number of carbonyl (C=O) groups is 1. The lowest BCUT2D eigenvalue weighted by Gasteiger charge is -2.35. The first-order chi connectivity index (χ1) is 11.5. The maximum atomic E-state index is 12.5. The van der Waals surface area contributed by atoms with Gasteiger partial charge >= 0.3 is 0 Å². The van der Waals surface area contributed by atoms with E-state index < -0.39 is 0 Å². The SMILES string of the molecule is Cc1ccc(NC(=O)CN2CCNCC2c2nccn2C)c(C)c1.Cl. The third kappa shape index (κ3) is 4.60. The molecule has 2 N–H and O–H groups in total. The Bertz CT molecular complexity index is 730. The summed E-state index contributed by atoms with van der Waals surface area (Å²) in [5.41, 5.74) is 3.17. The van der Waals surface area contributed by atoms with Crippen LogP contribution in [0.1, 0.15) is 23.0 Å². The lowest BCUT2D eigenvalue weighted by Crippen LogP contribution is -2.49. The summed E-state index contributed by atoms with van der Waals surface area (Å²) in [6, 6.07) is 6.18. The van der Waals surface area contributed by atoms with Gasteiger partial charge in [0.1, 0.15) is 5.82 Å². The highest BCUT2D eigenvalue weighted by molar-refractivity contribution is 5.93. The van der Waals surface area contributed by atoms with Crippen molar-refractivity contribution in [3.8, 4) is 0 Å². The molecule has 1 saturated heterocycles. The number of carbonyl (C=O) groups excluding carboxylic acids is 1. The zero-order valence-electron chi connectivity index (χ0n) is 15.0. The van der Waals surface area contributed by atoms with Crippen LogP contribution in [0.5, 0.6) is 0 Å². The van der Waals surface area contributed by atoms with Crippen LogP contribution < -0.4 is 10.6 Å². The highest BCUT2D eigenvalue weighted by Crippen LogP contribution is 2.21. The molecule has 7 heteroatoms. The molecule has 1 amide bonds. The van der Waals surface area contributed by atoms with Crippen molar-refractivity contribution in [3.05, 3.63) is 47.5 Å². The van der Waals surface area contributed by atoms with Gasteiger partial charge in [0.25, 0.3) is 0 Å². The minimum absolute atomic E-state index is 0. The van der Waals surface area contributed by atoms with Gasteiger partial charge in [0.15, 0.2) is 0 Å². The van der Waals surface area contributed by atoms with Crippen LogP contribution >= 0.6 is 12.4 Å². The monoisotopic (exact) mass is 363 g/mol. The summed E-state index contributed by atoms with van der Waals surface area (Å²) in [7, 11) is 1.99. The second-order valence-corrected chi connectivity index (χ2v) is 6.45. The number of nitrogens with one attached hydrogen (secondary N) is 2. The first kappa shape index (κ1) is 19.4. The van der Waals surface area contributed by atoms with Crippen LogP contribution in [0.15, 0.2) is 30.6 Å². The molecule has 2 aromatic rings. The average molecular weight is 364 g/mol. The van der Waals surface area contributed by atoms with Gasteiger partial charge in [0.05, 0.1) is 12.6 Å². The average Bonchev–Trinajstić information content (AvgIpc) is 2.97. The molecule has 1 aromatic heterocycles. The molecule has 0 bridgehead atoms. The minimum Gasteiger partial charge on any atom is -0.337 e. The van der Waals surface area contributed by atoms with Gasteiger partial charge < -0.3 is 15.2 Å². The molecule has 1 aliphatic rings. The highest BCUT2D eigenvalue weighted by atomic mass is 35.5. The second-order valence-electron chi connectivity index (χ2n) is 6.45. The number of hydrogen-bond donors (Lipinski definition) is 2. The Morgan fingerprint density at radius 1 is 1.40 bits per heavy atom. The number of imidazole rings is 1. The van der Waals surface area contributed by atoms with E-state index in [1.165, 1.54) is 5.56 Å². The van der Waals surface area contributed by atoms with E-state index in [2.05, 4.69) is 33.5 Å². The molecular formula is C18H26ClN5O. The fraction of sp³-hybridized carbons (Fsp3) is 0.444. The molecule has 1 fully saturated rings. The summed E-state index contributed by atoms with van der Waals surface area (Å²) >= 11 is 0. The topological polar surface area (TPSA) is 62.2 Å². The van der Waals surface area contributed by atoms with Gasteiger partial charge in [-0.05, 0) is 25.5 Å². The zero-order valence-corrected chi connectivity index (χ0v) is 15.8. The Morgan fingerprint density at radius 2 is 2.20 bits per heavy atom. The van der Waals surface area contributed by atoms with Crippen molar-refractivity contribution in [2.24, 2.45) is 7.05 Å². The maximum Gasteiger partial charge on any atom is 0.238 e. The normalized spacial score (nSPS) is 17.8. The van der Waals surface area contributed by atoms with Crippen molar-refractivity contribution in [1.82, 2.24) is 19.8 Å². The Kier molecular flexibility index (Phi) is 6.58. The Hall–Kier alpha value is -1.89. The van der Waals surface area contributed by atoms with Crippen LogP contribution in [0.25, 0.3) is 0 Å². The summed E-state index contributed by atoms with van der Waals surface area (Å²) in [6.07, 6.45) is 3.75. The Labute approximate surface area is 155 Å². The van der Waals surface area contributed by atoms with Crippen molar-refractivity contribution in [2.45, 2.75) is 19.9 Å². The van der Waals surface area contributed by atoms with Gasteiger partial charge in [-0.25, -0.2) is 4.98 Å². The number of halogens is 1. The number of nitrogens with zero attached hydrogens (tertiary/aromatic N) is 3. The van der Waals surface area contributed by atoms with Gasteiger partial charge in [-0.2, -0.15) is 0 Å². The van der Waals surface area contributed by atoms with Crippen LogP contribution in [0.2, 0.25) is 0 Å². The molecule has 1 aromatic carbocycles. The molecule has 136 valence electrons. The van der Waals surface area contributed by atoms with Gasteiger partial charge in [-0.3, -0.25) is 9.69 Å². The molecule has 0 saturated carbocycles. The molecule has 0 aliphatic carbocycles. The van der Waals surface area contributed by atoms with E-state index in [0.29, 0.717) is 6.54 Å². The molecule has 25 heavy (non-hydrogen) atoms. The van der Waals surface area contributed by atoms with Crippen LogP contribution in [-0.2, 0) is 11.8 Å². The predicted octanol–water partition coefficient (Wildman–Crippen LogP) is 2.04. The summed E-state index contributed by atoms with van der Waals surface area (Å²) in [5, 5.41) is 6.43. The number of rotatable bonds is 4. The quantitative estimate of drug-likeness (QED) is 0.872. The lowest BCUT2D eigenvalue weighted by atomic mass is 10.1. The fourth-order valence-corrected chi connectivity index (χ4v) is 3.22. The third-order valence-electron chi connectivity index (χ3n) is 4.51. The van der Waals surface area contributed by atoms with E-state index in [9.17, 15) is 4.79 Å². The number of amides is 1. The number of anilines is 1. The van der Waals surface area contributed by atoms with E-state index in [4.69, 9.17) is 0 Å². The van der Waals surface area contributed by atoms with E-state index >= 15 is 0 Å². The number of benzene rings is 1. The smallest absolute Gasteiger partial charge is 0.238 e. The van der Waals surface area contributed by atoms with Crippen LogP contribution in [0.3, 0.4) is 0 Å². The largest absolute Gasteiger partial charge is 0.337 e. The standard InChI is InChI=1S/C18H25N5O.ClH/c1-13-4-5-15(14(2)10-13)21-17(24)12-23-9-6-19-11-16(23)18-20-7-8-22(18)3;/h4-5,7-8,10,16,19H,6,9,11-12H2,1-3H3,(H,21,24);1H. The van der Waals surface area contributed by atoms with E-state index in [0.717, 1.165) is 36.7 Å². The molecule has 2 heterocycles. The number of piperazine rings is 1. The molecule has 1 aliphatic heterocycles. The zero-order chi connectivity index (χ0) is 17.1. The summed E-state index contributed by atoms with van der Waals surface area (Å²) in [5.74, 6) is 1.00. The lowest BCUT2D eigenvalue weighted by molar-refractivity contribution is -0.118. The summed E-state index contributed by atoms with van der Waals surface area (Å²) < 4.78 is 2.02. The van der Waals surface area contributed by atoms with Crippen molar-refractivity contribution in [1.29, 1.82) is 0 Å². The van der Waals surface area contributed by atoms with E-state index in [1.807, 2.05) is 36.9 Å². The molecule has 1 atom stereocenters. The third-order valence-corrected chi connectivity index (χ3v) is 4.51. The van der Waals surface area contributed by atoms with Gasteiger partial charge in [-0.15, -0.1) is 12.4 Å². The first-order valence-corrected chi connectivity index (χ1v) is 8.33. The number of aryl methyl sites for hydroxylation is 3. The summed E-state index contributed by atoms with van der Waals surface area (Å²) in [4.78, 5) is 19.2. The van der Waals surface area contributed by atoms with Crippen molar-refractivity contribution < 1.29 is 4.79 Å². The van der Waals surface area contributed by atoms with Crippen LogP contribution in [0, 0.1) is 13.8 Å². The summed E-state index contributed by atoms with van der Waals surface area (Å²) in [6.45, 7) is 6.96. The van der Waals surface area contributed by atoms with Gasteiger partial charge in [0, 0.05) is 44.8 Å². The Morgan fingerprint density at radius 3 is 2.88 bits per heavy atom. The molecule has 6 nitrogen and oxygen atoms in total. The van der Waals surface area contributed by atoms with Crippen molar-refractivity contribution >= 4 is 24.0 Å². The van der Waals surface area contributed by atoms with Crippen LogP contribution in [0.4, 0.5) is 5.69 Å². The molecule has 0 radical (unpaired) electrons. The van der Waals surface area contributed by atoms with Crippen molar-refractivity contribution in [3.63, 3.8) is 0 Å². The van der Waals surface area contributed by atoms with Crippen LogP contribution in [-0.4, -0.2) is 46.5 Å². The molecule has 1 unspecified atom stereocenters. The van der Waals surface area contributed by atoms with Gasteiger partial charge in [-0.1, -0.05) is 17.7 Å².